The van der Waals surface area contributed by atoms with Crippen LogP contribution in [0.5, 0.6) is 5.75 Å². The molecule has 0 saturated heterocycles. The highest BCUT2D eigenvalue weighted by Crippen LogP contribution is 2.27. The fraction of sp³-hybridized carbons (Fsp3) is 0.0667. The van der Waals surface area contributed by atoms with E-state index < -0.39 is 0 Å². The Bertz CT molecular complexity index is 663. The van der Waals surface area contributed by atoms with Gasteiger partial charge in [0.15, 0.2) is 0 Å². The van der Waals surface area contributed by atoms with Crippen LogP contribution in [-0.4, -0.2) is 5.11 Å². The minimum absolute atomic E-state index is 0.286. The molecule has 3 aromatic rings. The van der Waals surface area contributed by atoms with Gasteiger partial charge in [0.2, 0.25) is 0 Å². The van der Waals surface area contributed by atoms with E-state index in [1.54, 1.807) is 12.1 Å². The lowest BCUT2D eigenvalue weighted by Crippen LogP contribution is -1.76. The molecule has 0 spiro atoms. The van der Waals surface area contributed by atoms with E-state index in [1.165, 1.54) is 0 Å². The first-order chi connectivity index (χ1) is 8.22. The van der Waals surface area contributed by atoms with Crippen molar-refractivity contribution in [3.05, 3.63) is 54.3 Å². The molecule has 2 nitrogen and oxygen atoms in total. The van der Waals surface area contributed by atoms with E-state index in [4.69, 9.17) is 4.42 Å². The van der Waals surface area contributed by atoms with Gasteiger partial charge in [-0.2, -0.15) is 0 Å². The summed E-state index contributed by atoms with van der Waals surface area (Å²) >= 11 is 0. The number of furan rings is 1. The third-order valence-electron chi connectivity index (χ3n) is 2.84. The number of phenols is 1. The molecule has 0 aliphatic heterocycles. The first-order valence-electron chi connectivity index (χ1n) is 5.52. The van der Waals surface area contributed by atoms with E-state index in [1.807, 2.05) is 37.3 Å². The molecule has 0 radical (unpaired) electrons. The lowest BCUT2D eigenvalue weighted by molar-refractivity contribution is 0.475. The van der Waals surface area contributed by atoms with E-state index in [0.717, 1.165) is 27.9 Å². The summed E-state index contributed by atoms with van der Waals surface area (Å²) in [4.78, 5) is 0. The van der Waals surface area contributed by atoms with Gasteiger partial charge in [0.1, 0.15) is 17.1 Å². The van der Waals surface area contributed by atoms with Crippen LogP contribution < -0.4 is 0 Å². The number of aromatic hydroxyl groups is 1. The minimum atomic E-state index is 0.286. The summed E-state index contributed by atoms with van der Waals surface area (Å²) in [6, 6.07) is 15.3. The van der Waals surface area contributed by atoms with Crippen LogP contribution in [0.15, 0.2) is 52.9 Å². The van der Waals surface area contributed by atoms with Gasteiger partial charge in [0.25, 0.3) is 0 Å². The first-order valence-corrected chi connectivity index (χ1v) is 5.52. The Kier molecular flexibility index (Phi) is 2.15. The van der Waals surface area contributed by atoms with Crippen molar-refractivity contribution < 1.29 is 9.52 Å². The molecule has 0 unspecified atom stereocenters. The van der Waals surface area contributed by atoms with Gasteiger partial charge in [-0.05, 0) is 48.4 Å². The summed E-state index contributed by atoms with van der Waals surface area (Å²) < 4.78 is 5.54. The van der Waals surface area contributed by atoms with Gasteiger partial charge in [-0.25, -0.2) is 0 Å². The van der Waals surface area contributed by atoms with Gasteiger partial charge in [0, 0.05) is 5.39 Å². The van der Waals surface area contributed by atoms with Crippen molar-refractivity contribution >= 4 is 11.0 Å². The van der Waals surface area contributed by atoms with Crippen molar-refractivity contribution in [3.8, 4) is 16.9 Å². The summed E-state index contributed by atoms with van der Waals surface area (Å²) in [5.41, 5.74) is 3.12. The molecular formula is C15H12O2. The lowest BCUT2D eigenvalue weighted by Gasteiger charge is -2.01. The van der Waals surface area contributed by atoms with E-state index in [9.17, 15) is 5.11 Å². The standard InChI is InChI=1S/C15H12O2/c1-10-8-13-9-12(4-7-15(13)17-10)11-2-5-14(16)6-3-11/h2-9,16H,1H3. The maximum absolute atomic E-state index is 9.26. The highest BCUT2D eigenvalue weighted by molar-refractivity contribution is 5.84. The Hall–Kier alpha value is -2.22. The van der Waals surface area contributed by atoms with Crippen molar-refractivity contribution in [2.75, 3.05) is 0 Å². The molecule has 0 aliphatic rings. The SMILES string of the molecule is Cc1cc2cc(-c3ccc(O)cc3)ccc2o1. The third-order valence-corrected chi connectivity index (χ3v) is 2.84. The molecule has 1 heterocycles. The second-order valence-electron chi connectivity index (χ2n) is 4.16. The summed E-state index contributed by atoms with van der Waals surface area (Å²) in [6.07, 6.45) is 0. The first kappa shape index (κ1) is 9.97. The van der Waals surface area contributed by atoms with Crippen LogP contribution in [0.1, 0.15) is 5.76 Å². The molecular weight excluding hydrogens is 212 g/mol. The summed E-state index contributed by atoms with van der Waals surface area (Å²) in [5, 5.41) is 10.4. The Morgan fingerprint density at radius 3 is 2.35 bits per heavy atom. The zero-order valence-electron chi connectivity index (χ0n) is 9.47. The van der Waals surface area contributed by atoms with Crippen molar-refractivity contribution in [1.82, 2.24) is 0 Å². The highest BCUT2D eigenvalue weighted by atomic mass is 16.3. The third kappa shape index (κ3) is 1.78. The molecule has 0 bridgehead atoms. The average Bonchev–Trinajstić information content (AvgIpc) is 2.69. The van der Waals surface area contributed by atoms with Crippen molar-refractivity contribution in [1.29, 1.82) is 0 Å². The van der Waals surface area contributed by atoms with Crippen LogP contribution in [0.3, 0.4) is 0 Å². The summed E-state index contributed by atoms with van der Waals surface area (Å²) in [6.45, 7) is 1.94. The van der Waals surface area contributed by atoms with Crippen LogP contribution >= 0.6 is 0 Å². The van der Waals surface area contributed by atoms with Crippen LogP contribution in [-0.2, 0) is 0 Å². The zero-order chi connectivity index (χ0) is 11.8. The van der Waals surface area contributed by atoms with Crippen LogP contribution in [0, 0.1) is 6.92 Å². The highest BCUT2D eigenvalue weighted by Gasteiger charge is 2.03. The van der Waals surface area contributed by atoms with Crippen molar-refractivity contribution in [2.24, 2.45) is 0 Å². The molecule has 2 aromatic carbocycles. The Labute approximate surface area is 99.1 Å². The monoisotopic (exact) mass is 224 g/mol. The second kappa shape index (κ2) is 3.67. The van der Waals surface area contributed by atoms with Crippen LogP contribution in [0.2, 0.25) is 0 Å². The normalized spacial score (nSPS) is 10.9. The number of benzene rings is 2. The molecule has 0 atom stereocenters. The number of hydrogen-bond donors (Lipinski definition) is 1. The number of rotatable bonds is 1. The van der Waals surface area contributed by atoms with Gasteiger partial charge in [-0.15, -0.1) is 0 Å². The molecule has 0 fully saturated rings. The number of hydrogen-bond acceptors (Lipinski definition) is 2. The molecule has 0 amide bonds. The van der Waals surface area contributed by atoms with Crippen molar-refractivity contribution in [2.45, 2.75) is 6.92 Å². The zero-order valence-corrected chi connectivity index (χ0v) is 9.47. The number of fused-ring (bicyclic) bond motifs is 1. The van der Waals surface area contributed by atoms with E-state index in [0.29, 0.717) is 0 Å². The average molecular weight is 224 g/mol. The lowest BCUT2D eigenvalue weighted by atomic mass is 10.0. The second-order valence-corrected chi connectivity index (χ2v) is 4.16. The molecule has 84 valence electrons. The Morgan fingerprint density at radius 2 is 1.59 bits per heavy atom. The molecule has 3 rings (SSSR count). The Balaban J connectivity index is 2.13. The van der Waals surface area contributed by atoms with Gasteiger partial charge in [0.05, 0.1) is 0 Å². The number of aryl methyl sites for hydroxylation is 1. The Morgan fingerprint density at radius 1 is 0.882 bits per heavy atom. The maximum atomic E-state index is 9.26. The maximum Gasteiger partial charge on any atom is 0.134 e. The molecule has 0 aliphatic carbocycles. The molecule has 2 heteroatoms. The predicted molar refractivity (Wildman–Crippen MR) is 68.1 cm³/mol. The van der Waals surface area contributed by atoms with Crippen LogP contribution in [0.4, 0.5) is 0 Å². The number of phenolic OH excluding ortho intramolecular Hbond substituents is 1. The van der Waals surface area contributed by atoms with E-state index in [2.05, 4.69) is 6.07 Å². The fourth-order valence-electron chi connectivity index (χ4n) is 2.01. The van der Waals surface area contributed by atoms with E-state index in [-0.39, 0.29) is 5.75 Å². The molecule has 17 heavy (non-hydrogen) atoms. The topological polar surface area (TPSA) is 33.4 Å². The van der Waals surface area contributed by atoms with Gasteiger partial charge >= 0.3 is 0 Å². The molecule has 1 N–H and O–H groups in total. The van der Waals surface area contributed by atoms with Gasteiger partial charge < -0.3 is 9.52 Å². The molecule has 1 aromatic heterocycles. The fourth-order valence-corrected chi connectivity index (χ4v) is 2.01. The van der Waals surface area contributed by atoms with E-state index >= 15 is 0 Å². The summed E-state index contributed by atoms with van der Waals surface area (Å²) in [7, 11) is 0. The smallest absolute Gasteiger partial charge is 0.134 e. The summed E-state index contributed by atoms with van der Waals surface area (Å²) in [5.74, 6) is 1.21. The molecule has 0 saturated carbocycles. The van der Waals surface area contributed by atoms with Gasteiger partial charge in [-0.3, -0.25) is 0 Å². The quantitative estimate of drug-likeness (QED) is 0.674. The minimum Gasteiger partial charge on any atom is -0.508 e. The van der Waals surface area contributed by atoms with Crippen molar-refractivity contribution in [3.63, 3.8) is 0 Å². The van der Waals surface area contributed by atoms with Crippen LogP contribution in [0.25, 0.3) is 22.1 Å². The van der Waals surface area contributed by atoms with Gasteiger partial charge in [-0.1, -0.05) is 18.2 Å². The predicted octanol–water partition coefficient (Wildman–Crippen LogP) is 4.11. The largest absolute Gasteiger partial charge is 0.508 e.